The van der Waals surface area contributed by atoms with E-state index in [0.29, 0.717) is 13.0 Å². The SMILES string of the molecule is O=C(O)CCCOc1cccc(S/C=C/c2ccc3ccc(Br)cc3n2)c1.[H-].[Na+]. The van der Waals surface area contributed by atoms with Crippen molar-refractivity contribution < 1.29 is 45.6 Å². The van der Waals surface area contributed by atoms with Crippen molar-refractivity contribution in [2.45, 2.75) is 17.7 Å². The van der Waals surface area contributed by atoms with E-state index in [-0.39, 0.29) is 37.4 Å². The van der Waals surface area contributed by atoms with E-state index < -0.39 is 5.97 Å². The zero-order chi connectivity index (χ0) is 19.1. The van der Waals surface area contributed by atoms with E-state index in [1.165, 1.54) is 0 Å². The van der Waals surface area contributed by atoms with Gasteiger partial charge in [-0.2, -0.15) is 0 Å². The smallest absolute Gasteiger partial charge is 1.00 e. The molecule has 140 valence electrons. The minimum Gasteiger partial charge on any atom is -1.00 e. The summed E-state index contributed by atoms with van der Waals surface area (Å²) < 4.78 is 6.62. The van der Waals surface area contributed by atoms with Crippen molar-refractivity contribution in [2.24, 2.45) is 0 Å². The second-order valence-electron chi connectivity index (χ2n) is 5.81. The van der Waals surface area contributed by atoms with Gasteiger partial charge in [-0.05, 0) is 54.3 Å². The van der Waals surface area contributed by atoms with Gasteiger partial charge in [-0.1, -0.05) is 45.9 Å². The van der Waals surface area contributed by atoms with Crippen LogP contribution < -0.4 is 34.3 Å². The Morgan fingerprint density at radius 3 is 2.86 bits per heavy atom. The maximum absolute atomic E-state index is 10.5. The molecule has 0 unspecified atom stereocenters. The van der Waals surface area contributed by atoms with Gasteiger partial charge >= 0.3 is 35.5 Å². The number of aliphatic carboxylic acids is 1. The molecule has 0 aliphatic rings. The predicted octanol–water partition coefficient (Wildman–Crippen LogP) is 3.12. The summed E-state index contributed by atoms with van der Waals surface area (Å²) in [6, 6.07) is 17.9. The molecule has 0 spiro atoms. The largest absolute Gasteiger partial charge is 1.00 e. The number of halogens is 1. The summed E-state index contributed by atoms with van der Waals surface area (Å²) in [4.78, 5) is 16.2. The summed E-state index contributed by atoms with van der Waals surface area (Å²) >= 11 is 5.05. The van der Waals surface area contributed by atoms with Gasteiger partial charge in [0.05, 0.1) is 17.8 Å². The van der Waals surface area contributed by atoms with E-state index in [9.17, 15) is 4.79 Å². The first-order valence-corrected chi connectivity index (χ1v) is 10.1. The number of rotatable bonds is 8. The molecule has 7 heteroatoms. The van der Waals surface area contributed by atoms with Crippen LogP contribution in [0.4, 0.5) is 0 Å². The Labute approximate surface area is 200 Å². The molecule has 0 aliphatic carbocycles. The van der Waals surface area contributed by atoms with Crippen molar-refractivity contribution in [3.8, 4) is 5.75 Å². The van der Waals surface area contributed by atoms with Crippen LogP contribution in [-0.2, 0) is 4.79 Å². The van der Waals surface area contributed by atoms with Crippen LogP contribution >= 0.6 is 27.7 Å². The van der Waals surface area contributed by atoms with Crippen LogP contribution in [0.2, 0.25) is 0 Å². The maximum Gasteiger partial charge on any atom is 1.00 e. The second-order valence-corrected chi connectivity index (χ2v) is 7.71. The molecule has 1 N–H and O–H groups in total. The minimum absolute atomic E-state index is 0. The molecule has 0 saturated heterocycles. The number of carboxylic acids is 1. The van der Waals surface area contributed by atoms with E-state index in [1.54, 1.807) is 11.8 Å². The topological polar surface area (TPSA) is 59.4 Å². The van der Waals surface area contributed by atoms with Crippen LogP contribution in [0.25, 0.3) is 17.0 Å². The van der Waals surface area contributed by atoms with Gasteiger partial charge in [-0.15, -0.1) is 0 Å². The Hall–Kier alpha value is -1.31. The van der Waals surface area contributed by atoms with Crippen LogP contribution in [0.3, 0.4) is 0 Å². The van der Waals surface area contributed by atoms with Gasteiger partial charge in [-0.3, -0.25) is 4.79 Å². The molecule has 0 bridgehead atoms. The van der Waals surface area contributed by atoms with Crippen molar-refractivity contribution in [1.29, 1.82) is 0 Å². The molecular weight excluding hydrogens is 449 g/mol. The van der Waals surface area contributed by atoms with Crippen LogP contribution in [0.5, 0.6) is 5.75 Å². The Morgan fingerprint density at radius 1 is 1.21 bits per heavy atom. The number of thioether (sulfide) groups is 1. The molecule has 0 radical (unpaired) electrons. The number of nitrogens with zero attached hydrogens (tertiary/aromatic N) is 1. The average molecular weight is 468 g/mol. The first-order chi connectivity index (χ1) is 13.1. The number of hydrogen-bond acceptors (Lipinski definition) is 4. The molecule has 0 atom stereocenters. The van der Waals surface area contributed by atoms with E-state index >= 15 is 0 Å². The number of carbonyl (C=O) groups is 1. The predicted molar refractivity (Wildman–Crippen MR) is 114 cm³/mol. The average Bonchev–Trinajstić information content (AvgIpc) is 2.65. The van der Waals surface area contributed by atoms with Crippen LogP contribution in [0, 0.1) is 0 Å². The van der Waals surface area contributed by atoms with Gasteiger partial charge in [0.15, 0.2) is 0 Å². The van der Waals surface area contributed by atoms with Crippen molar-refractivity contribution in [2.75, 3.05) is 6.61 Å². The summed E-state index contributed by atoms with van der Waals surface area (Å²) in [6.45, 7) is 0.396. The molecule has 0 aliphatic heterocycles. The number of aromatic nitrogens is 1. The molecule has 2 aromatic carbocycles. The summed E-state index contributed by atoms with van der Waals surface area (Å²) in [5, 5.41) is 11.7. The molecule has 4 nitrogen and oxygen atoms in total. The number of hydrogen-bond donors (Lipinski definition) is 1. The fourth-order valence-electron chi connectivity index (χ4n) is 2.43. The molecule has 0 fully saturated rings. The third-order valence-electron chi connectivity index (χ3n) is 3.73. The summed E-state index contributed by atoms with van der Waals surface area (Å²) in [7, 11) is 0. The zero-order valence-electron chi connectivity index (χ0n) is 16.5. The van der Waals surface area contributed by atoms with E-state index in [1.807, 2.05) is 60.0 Å². The quantitative estimate of drug-likeness (QED) is 0.313. The fraction of sp³-hybridized carbons (Fsp3) is 0.143. The Kier molecular flexibility index (Phi) is 9.55. The maximum atomic E-state index is 10.5. The fourth-order valence-corrected chi connectivity index (χ4v) is 3.49. The van der Waals surface area contributed by atoms with Crippen molar-refractivity contribution in [3.63, 3.8) is 0 Å². The number of carboxylic acid groups (broad SMARTS) is 1. The third-order valence-corrected chi connectivity index (χ3v) is 5.02. The van der Waals surface area contributed by atoms with Crippen molar-refractivity contribution >= 4 is 50.6 Å². The molecule has 0 amide bonds. The molecular formula is C21H19BrNNaO3S. The standard InChI is InChI=1S/C21H18BrNO3S.Na.H/c22-16-8-6-15-7-9-17(23-20(15)13-16)10-12-27-19-4-1-3-18(14-19)26-11-2-5-21(24)25;;/h1,3-4,6-10,12-14H,2,5,11H2,(H,24,25);;/q;+1;-1/b12-10+;;. The van der Waals surface area contributed by atoms with Crippen molar-refractivity contribution in [3.05, 3.63) is 70.2 Å². The normalized spacial score (nSPS) is 10.8. The summed E-state index contributed by atoms with van der Waals surface area (Å²) in [5.41, 5.74) is 1.85. The first-order valence-electron chi connectivity index (χ1n) is 8.44. The van der Waals surface area contributed by atoms with Gasteiger partial charge in [-0.25, -0.2) is 4.98 Å². The number of pyridine rings is 1. The van der Waals surface area contributed by atoms with Gasteiger partial charge in [0.1, 0.15) is 5.75 Å². The Balaban J connectivity index is 0.00000210. The third kappa shape index (κ3) is 7.26. The molecule has 3 rings (SSSR count). The van der Waals surface area contributed by atoms with E-state index in [0.717, 1.165) is 31.7 Å². The van der Waals surface area contributed by atoms with E-state index in [4.69, 9.17) is 9.84 Å². The van der Waals surface area contributed by atoms with E-state index in [2.05, 4.69) is 27.0 Å². The summed E-state index contributed by atoms with van der Waals surface area (Å²) in [5.74, 6) is -0.0600. The molecule has 3 aromatic rings. The zero-order valence-corrected chi connectivity index (χ0v) is 19.9. The second kappa shape index (κ2) is 11.6. The van der Waals surface area contributed by atoms with Crippen LogP contribution in [0.15, 0.2) is 69.4 Å². The van der Waals surface area contributed by atoms with Gasteiger partial charge < -0.3 is 11.3 Å². The molecule has 0 saturated carbocycles. The number of benzene rings is 2. The van der Waals surface area contributed by atoms with Gasteiger partial charge in [0.25, 0.3) is 0 Å². The number of ether oxygens (including phenoxy) is 1. The van der Waals surface area contributed by atoms with Gasteiger partial charge in [0, 0.05) is 21.2 Å². The van der Waals surface area contributed by atoms with Gasteiger partial charge in [0.2, 0.25) is 0 Å². The molecule has 28 heavy (non-hydrogen) atoms. The summed E-state index contributed by atoms with van der Waals surface area (Å²) in [6.07, 6.45) is 2.59. The number of fused-ring (bicyclic) bond motifs is 1. The van der Waals surface area contributed by atoms with Crippen molar-refractivity contribution in [1.82, 2.24) is 4.98 Å². The monoisotopic (exact) mass is 467 g/mol. The molecule has 1 heterocycles. The van der Waals surface area contributed by atoms with Crippen LogP contribution in [-0.4, -0.2) is 22.7 Å². The first kappa shape index (κ1) is 23.0. The minimum atomic E-state index is -0.803. The Bertz CT molecular complexity index is 987. The van der Waals surface area contributed by atoms with Crippen LogP contribution in [0.1, 0.15) is 20.0 Å². The Morgan fingerprint density at radius 2 is 2.04 bits per heavy atom. The molecule has 1 aromatic heterocycles.